The molecule has 1 aromatic heterocycles. The normalized spacial score (nSPS) is 13.2. The van der Waals surface area contributed by atoms with Gasteiger partial charge in [-0.25, -0.2) is 17.8 Å². The van der Waals surface area contributed by atoms with Gasteiger partial charge in [-0.1, -0.05) is 35.9 Å². The minimum Gasteiger partial charge on any atom is -0.255 e. The molecule has 0 bridgehead atoms. The van der Waals surface area contributed by atoms with Crippen LogP contribution in [0.2, 0.25) is 5.02 Å². The van der Waals surface area contributed by atoms with Crippen LogP contribution in [0.4, 0.5) is 9.52 Å². The molecule has 2 aromatic carbocycles. The average Bonchev–Trinajstić information content (AvgIpc) is 2.96. The third-order valence-electron chi connectivity index (χ3n) is 4.00. The Kier molecular flexibility index (Phi) is 4.02. The molecule has 0 unspecified atom stereocenters. The number of fused-ring (bicyclic) bond motifs is 3. The van der Waals surface area contributed by atoms with Crippen molar-refractivity contribution in [3.05, 3.63) is 63.7 Å². The highest BCUT2D eigenvalue weighted by Gasteiger charge is 2.24. The third-order valence-corrected chi connectivity index (χ3v) is 6.98. The molecule has 0 saturated carbocycles. The molecular weight excluding hydrogens is 383 g/mol. The van der Waals surface area contributed by atoms with Crippen LogP contribution in [-0.2, 0) is 22.9 Å². The number of sulfonamides is 1. The van der Waals surface area contributed by atoms with Crippen LogP contribution in [0.25, 0.3) is 11.3 Å². The average molecular weight is 395 g/mol. The van der Waals surface area contributed by atoms with E-state index in [0.717, 1.165) is 47.2 Å². The molecule has 1 heterocycles. The maximum atomic E-state index is 13.1. The lowest BCUT2D eigenvalue weighted by atomic mass is 9.94. The van der Waals surface area contributed by atoms with Crippen LogP contribution in [0.15, 0.2) is 47.4 Å². The number of thiazole rings is 1. The Morgan fingerprint density at radius 1 is 1.16 bits per heavy atom. The molecule has 0 aliphatic heterocycles. The van der Waals surface area contributed by atoms with E-state index in [1.165, 1.54) is 16.9 Å². The van der Waals surface area contributed by atoms with Crippen LogP contribution < -0.4 is 4.72 Å². The second-order valence-electron chi connectivity index (χ2n) is 5.63. The first-order valence-electron chi connectivity index (χ1n) is 7.50. The van der Waals surface area contributed by atoms with E-state index < -0.39 is 15.8 Å². The fraction of sp³-hybridized carbons (Fsp3) is 0.118. The van der Waals surface area contributed by atoms with E-state index in [4.69, 9.17) is 11.6 Å². The van der Waals surface area contributed by atoms with Gasteiger partial charge in [-0.2, -0.15) is 0 Å². The summed E-state index contributed by atoms with van der Waals surface area (Å²) in [5.41, 5.74) is 3.05. The minimum absolute atomic E-state index is 0.167. The van der Waals surface area contributed by atoms with E-state index in [9.17, 15) is 12.8 Å². The van der Waals surface area contributed by atoms with Crippen molar-refractivity contribution in [1.82, 2.24) is 4.98 Å². The highest BCUT2D eigenvalue weighted by atomic mass is 35.5. The van der Waals surface area contributed by atoms with Gasteiger partial charge in [0, 0.05) is 10.4 Å². The maximum absolute atomic E-state index is 13.1. The smallest absolute Gasteiger partial charge is 0.255 e. The number of aromatic nitrogens is 1. The highest BCUT2D eigenvalue weighted by molar-refractivity contribution is 7.93. The Morgan fingerprint density at radius 2 is 1.96 bits per heavy atom. The minimum atomic E-state index is -3.94. The van der Waals surface area contributed by atoms with Crippen LogP contribution in [0.1, 0.15) is 10.4 Å². The Bertz CT molecular complexity index is 1080. The molecule has 0 fully saturated rings. The van der Waals surface area contributed by atoms with E-state index in [2.05, 4.69) is 15.8 Å². The SMILES string of the molecule is O=S(=O)(Nc1nc2c(s1)CCc1ccccc1-2)c1ccc(F)cc1Cl. The first-order valence-corrected chi connectivity index (χ1v) is 10.2. The standard InChI is InChI=1S/C17H12ClFN2O2S2/c18-13-9-11(19)6-8-15(13)25(22,23)21-17-20-16-12-4-2-1-3-10(12)5-7-14(16)24-17/h1-4,6,8-9H,5,7H2,(H,20,21). The topological polar surface area (TPSA) is 59.1 Å². The van der Waals surface area contributed by atoms with Crippen molar-refractivity contribution in [3.8, 4) is 11.3 Å². The number of nitrogens with one attached hydrogen (secondary N) is 1. The predicted octanol–water partition coefficient (Wildman–Crippen LogP) is 4.50. The Morgan fingerprint density at radius 3 is 2.76 bits per heavy atom. The summed E-state index contributed by atoms with van der Waals surface area (Å²) in [6.07, 6.45) is 1.73. The number of nitrogens with zero attached hydrogens (tertiary/aromatic N) is 1. The fourth-order valence-electron chi connectivity index (χ4n) is 2.86. The molecule has 0 spiro atoms. The molecule has 128 valence electrons. The van der Waals surface area contributed by atoms with Gasteiger partial charge in [-0.3, -0.25) is 4.72 Å². The molecule has 1 N–H and O–H groups in total. The molecule has 8 heteroatoms. The zero-order valence-electron chi connectivity index (χ0n) is 12.8. The van der Waals surface area contributed by atoms with Gasteiger partial charge in [0.05, 0.1) is 10.7 Å². The maximum Gasteiger partial charge on any atom is 0.265 e. The molecule has 0 amide bonds. The van der Waals surface area contributed by atoms with Gasteiger partial charge < -0.3 is 0 Å². The van der Waals surface area contributed by atoms with Crippen molar-refractivity contribution in [2.45, 2.75) is 17.7 Å². The molecule has 1 aliphatic rings. The van der Waals surface area contributed by atoms with Crippen molar-refractivity contribution in [3.63, 3.8) is 0 Å². The monoisotopic (exact) mass is 394 g/mol. The van der Waals surface area contributed by atoms with Crippen LogP contribution in [-0.4, -0.2) is 13.4 Å². The number of aryl methyl sites for hydroxylation is 2. The lowest BCUT2D eigenvalue weighted by molar-refractivity contribution is 0.599. The van der Waals surface area contributed by atoms with Crippen molar-refractivity contribution in [2.24, 2.45) is 0 Å². The van der Waals surface area contributed by atoms with Crippen LogP contribution in [0.3, 0.4) is 0 Å². The first-order chi connectivity index (χ1) is 11.9. The van der Waals surface area contributed by atoms with Gasteiger partial charge in [0.25, 0.3) is 10.0 Å². The molecule has 4 rings (SSSR count). The number of rotatable bonds is 3. The highest BCUT2D eigenvalue weighted by Crippen LogP contribution is 2.38. The van der Waals surface area contributed by atoms with Crippen molar-refractivity contribution in [1.29, 1.82) is 0 Å². The number of halogens is 2. The van der Waals surface area contributed by atoms with Crippen LogP contribution in [0, 0.1) is 5.82 Å². The predicted molar refractivity (Wildman–Crippen MR) is 97.2 cm³/mol. The first kappa shape index (κ1) is 16.5. The lowest BCUT2D eigenvalue weighted by Crippen LogP contribution is -2.13. The van der Waals surface area contributed by atoms with Crippen molar-refractivity contribution in [2.75, 3.05) is 4.72 Å². The summed E-state index contributed by atoms with van der Waals surface area (Å²) in [5.74, 6) is -0.592. The number of hydrogen-bond donors (Lipinski definition) is 1. The summed E-state index contributed by atoms with van der Waals surface area (Å²) in [6, 6.07) is 11.1. The van der Waals surface area contributed by atoms with Gasteiger partial charge in [0.1, 0.15) is 10.7 Å². The van der Waals surface area contributed by atoms with Gasteiger partial charge in [-0.15, -0.1) is 11.3 Å². The van der Waals surface area contributed by atoms with E-state index in [-0.39, 0.29) is 15.0 Å². The zero-order chi connectivity index (χ0) is 17.6. The molecule has 0 atom stereocenters. The third kappa shape index (κ3) is 3.03. The summed E-state index contributed by atoms with van der Waals surface area (Å²) in [5, 5.41) is 0.112. The second-order valence-corrected chi connectivity index (χ2v) is 8.77. The van der Waals surface area contributed by atoms with Gasteiger partial charge in [0.2, 0.25) is 0 Å². The van der Waals surface area contributed by atoms with Gasteiger partial charge in [0.15, 0.2) is 5.13 Å². The molecule has 3 aromatic rings. The number of benzene rings is 2. The van der Waals surface area contributed by atoms with Crippen molar-refractivity contribution >= 4 is 38.1 Å². The molecule has 4 nitrogen and oxygen atoms in total. The van der Waals surface area contributed by atoms with Gasteiger partial charge >= 0.3 is 0 Å². The molecule has 0 saturated heterocycles. The number of hydrogen-bond acceptors (Lipinski definition) is 4. The summed E-state index contributed by atoms with van der Waals surface area (Å²) in [4.78, 5) is 5.33. The Hall–Kier alpha value is -1.96. The quantitative estimate of drug-likeness (QED) is 0.711. The fourth-order valence-corrected chi connectivity index (χ4v) is 5.60. The summed E-state index contributed by atoms with van der Waals surface area (Å²) in [7, 11) is -3.94. The largest absolute Gasteiger partial charge is 0.265 e. The van der Waals surface area contributed by atoms with Crippen LogP contribution >= 0.6 is 22.9 Å². The zero-order valence-corrected chi connectivity index (χ0v) is 15.2. The summed E-state index contributed by atoms with van der Waals surface area (Å²) < 4.78 is 40.7. The van der Waals surface area contributed by atoms with E-state index in [1.807, 2.05) is 18.2 Å². The van der Waals surface area contributed by atoms with E-state index in [1.54, 1.807) is 0 Å². The van der Waals surface area contributed by atoms with Crippen molar-refractivity contribution < 1.29 is 12.8 Å². The Balaban J connectivity index is 1.70. The summed E-state index contributed by atoms with van der Waals surface area (Å²) in [6.45, 7) is 0. The molecule has 25 heavy (non-hydrogen) atoms. The summed E-state index contributed by atoms with van der Waals surface area (Å²) >= 11 is 7.18. The molecular formula is C17H12ClFN2O2S2. The number of anilines is 1. The Labute approximate surface area is 153 Å². The lowest BCUT2D eigenvalue weighted by Gasteiger charge is -2.13. The van der Waals surface area contributed by atoms with Crippen LogP contribution in [0.5, 0.6) is 0 Å². The van der Waals surface area contributed by atoms with Gasteiger partial charge in [-0.05, 0) is 36.6 Å². The molecule has 1 aliphatic carbocycles. The van der Waals surface area contributed by atoms with E-state index in [0.29, 0.717) is 0 Å². The second kappa shape index (κ2) is 6.09. The molecule has 0 radical (unpaired) electrons. The van der Waals surface area contributed by atoms with E-state index >= 15 is 0 Å².